The van der Waals surface area contributed by atoms with E-state index in [9.17, 15) is 58.2 Å². The number of carboxylic acids is 1. The predicted molar refractivity (Wildman–Crippen MR) is 330 cm³/mol. The van der Waals surface area contributed by atoms with Gasteiger partial charge in [0.25, 0.3) is 0 Å². The Morgan fingerprint density at radius 2 is 0.897 bits per heavy atom. The van der Waals surface area contributed by atoms with Crippen LogP contribution in [0.1, 0.15) is 149 Å². The van der Waals surface area contributed by atoms with Gasteiger partial charge in [0.15, 0.2) is 0 Å². The van der Waals surface area contributed by atoms with Crippen molar-refractivity contribution in [3.8, 4) is 0 Å². The molecule has 6 N–H and O–H groups in total. The van der Waals surface area contributed by atoms with Gasteiger partial charge in [0.05, 0.1) is 12.6 Å². The lowest BCUT2D eigenvalue weighted by atomic mass is 9.91. The predicted octanol–water partition coefficient (Wildman–Crippen LogP) is 2.33. The molecule has 0 aromatic carbocycles. The van der Waals surface area contributed by atoms with E-state index >= 15 is 9.59 Å². The molecule has 25 nitrogen and oxygen atoms in total. The minimum Gasteiger partial charge on any atom is -0.478 e. The highest BCUT2D eigenvalue weighted by molar-refractivity contribution is 5.99. The Kier molecular flexibility index (Phi) is 31.8. The largest absolute Gasteiger partial charge is 0.478 e. The molecule has 1 rings (SSSR count). The summed E-state index contributed by atoms with van der Waals surface area (Å²) in [5, 5.41) is 32.3. The van der Waals surface area contributed by atoms with E-state index in [0.29, 0.717) is 0 Å². The zero-order chi connectivity index (χ0) is 67.6. The maximum atomic E-state index is 15.1. The number of likely N-dealkylation sites (N-methyl/N-ethyl adjacent to an activating group) is 7. The van der Waals surface area contributed by atoms with Crippen molar-refractivity contribution in [3.63, 3.8) is 0 Å². The minimum absolute atomic E-state index is 0.0438. The van der Waals surface area contributed by atoms with Crippen LogP contribution >= 0.6 is 0 Å². The Hall–Kier alpha value is -6.66. The number of hydrogen-bond acceptors (Lipinski definition) is 13. The van der Waals surface area contributed by atoms with E-state index in [1.54, 1.807) is 34.6 Å². The van der Waals surface area contributed by atoms with Gasteiger partial charge in [0.2, 0.25) is 65.0 Å². The molecule has 496 valence electrons. The Labute approximate surface area is 517 Å². The molecule has 0 spiro atoms. The van der Waals surface area contributed by atoms with E-state index in [2.05, 4.69) is 21.3 Å². The lowest BCUT2D eigenvalue weighted by molar-refractivity contribution is -0.157. The molecule has 0 radical (unpaired) electrons. The first-order valence-electron chi connectivity index (χ1n) is 30.7. The molecule has 1 aliphatic rings. The van der Waals surface area contributed by atoms with Gasteiger partial charge in [-0.25, -0.2) is 4.79 Å². The van der Waals surface area contributed by atoms with E-state index in [1.165, 1.54) is 101 Å². The molecule has 25 heteroatoms. The molecule has 0 bridgehead atoms. The number of carbonyl (C=O) groups is 12. The van der Waals surface area contributed by atoms with E-state index in [4.69, 9.17) is 0 Å². The van der Waals surface area contributed by atoms with Crippen LogP contribution in [0.2, 0.25) is 0 Å². The molecule has 0 aromatic heterocycles. The first kappa shape index (κ1) is 78.4. The minimum atomic E-state index is -1.76. The van der Waals surface area contributed by atoms with Crippen LogP contribution in [-0.4, -0.2) is 238 Å². The van der Waals surface area contributed by atoms with Crippen molar-refractivity contribution in [2.45, 2.75) is 216 Å². The number of nitrogens with zero attached hydrogens (tertiary/aromatic N) is 7. The van der Waals surface area contributed by atoms with Crippen LogP contribution in [0.25, 0.3) is 0 Å². The number of nitrogens with one attached hydrogen (secondary N) is 4. The maximum absolute atomic E-state index is 15.1. The van der Waals surface area contributed by atoms with Crippen LogP contribution in [0.15, 0.2) is 12.2 Å². The Morgan fingerprint density at radius 3 is 1.34 bits per heavy atom. The SMILES string of the molecule is CC[C@@H]1NC(=O)[C@H]([C@H](O)[C@H](C)CC=CC(=O)O)N(C)C(=O)[C@H](C(C)C)N(C)C(=O)[C@H](CC(C)C)N(C)C(=O)[C@H](CC(C)C)N(C)C(=O)[C@@H](C)NC(=O)[C@H](C)NC(=O)[C@H](CC(C)C)N(C)C(=O)[C@H](C(C)C)NC(=O)[C@H](CC(C)C)N(C)C(=O)CN(C)C1=O. The second-order valence-electron chi connectivity index (χ2n) is 26.3. The fourth-order valence-electron chi connectivity index (χ4n) is 10.7. The van der Waals surface area contributed by atoms with Gasteiger partial charge in [-0.05, 0) is 93.8 Å². The second kappa shape index (κ2) is 35.4. The summed E-state index contributed by atoms with van der Waals surface area (Å²) in [6.45, 7) is 26.9. The fourth-order valence-corrected chi connectivity index (χ4v) is 10.7. The van der Waals surface area contributed by atoms with Gasteiger partial charge in [0.1, 0.15) is 60.4 Å². The summed E-state index contributed by atoms with van der Waals surface area (Å²) in [6, 6.07) is -12.9. The average molecular weight is 1230 g/mol. The van der Waals surface area contributed by atoms with Crippen molar-refractivity contribution in [2.75, 3.05) is 55.9 Å². The molecule has 1 heterocycles. The molecule has 1 fully saturated rings. The third-order valence-corrected chi connectivity index (χ3v) is 16.1. The van der Waals surface area contributed by atoms with E-state index in [-0.39, 0.29) is 62.2 Å². The van der Waals surface area contributed by atoms with E-state index < -0.39 is 162 Å². The molecule has 11 amide bonds. The number of allylic oxidation sites excluding steroid dienone is 1. The molecule has 1 aliphatic heterocycles. The molecule has 1 saturated heterocycles. The number of hydrogen-bond donors (Lipinski definition) is 6. The van der Waals surface area contributed by atoms with Gasteiger partial charge in [-0.2, -0.15) is 0 Å². The Bertz CT molecular complexity index is 2430. The van der Waals surface area contributed by atoms with Crippen molar-refractivity contribution < 1.29 is 67.7 Å². The van der Waals surface area contributed by atoms with Crippen LogP contribution in [0.3, 0.4) is 0 Å². The monoisotopic (exact) mass is 1230 g/mol. The van der Waals surface area contributed by atoms with Gasteiger partial charge >= 0.3 is 5.97 Å². The standard InChI is InChI=1S/C62H109N11O14/c1-24-42-58(83)67(17)32-47(74)68(18)43(28-33(2)3)55(80)66-49(37(10)11)61(86)69(19)44(29-34(4)5)54(79)63-40(15)53(78)64-41(16)57(82)70(20)45(30-35(6)7)59(84)71(21)46(31-36(8)9)60(85)72(22)50(38(12)13)62(87)73(23)51(56(81)65-42)52(77)39(14)26-25-27-48(75)76/h25,27,33-46,49-52,77H,24,26,28-32H2,1-23H3,(H,63,79)(H,64,78)(H,65,81)(H,66,80)(H,75,76)/t39-,40+,41-,42+,43+,44+,45+,46+,49+,50+,51+,52-/m1/s1. The zero-order valence-corrected chi connectivity index (χ0v) is 56.4. The summed E-state index contributed by atoms with van der Waals surface area (Å²) in [4.78, 5) is 180. The molecule has 12 atom stereocenters. The zero-order valence-electron chi connectivity index (χ0n) is 56.4. The first-order chi connectivity index (χ1) is 40.1. The summed E-state index contributed by atoms with van der Waals surface area (Å²) in [7, 11) is 9.63. The van der Waals surface area contributed by atoms with Crippen molar-refractivity contribution in [2.24, 2.45) is 41.4 Å². The number of carbonyl (C=O) groups excluding carboxylic acids is 11. The third-order valence-electron chi connectivity index (χ3n) is 16.1. The number of amides is 11. The molecule has 0 aromatic rings. The quantitative estimate of drug-likeness (QED) is 0.121. The number of aliphatic carboxylic acids is 1. The lowest BCUT2D eigenvalue weighted by Gasteiger charge is -2.41. The Morgan fingerprint density at radius 1 is 0.483 bits per heavy atom. The van der Waals surface area contributed by atoms with Crippen LogP contribution in [0, 0.1) is 41.4 Å². The van der Waals surface area contributed by atoms with Crippen molar-refractivity contribution in [1.82, 2.24) is 55.6 Å². The Balaban J connectivity index is 4.35. The fraction of sp³-hybridized carbons (Fsp3) is 0.774. The van der Waals surface area contributed by atoms with Crippen molar-refractivity contribution in [3.05, 3.63) is 12.2 Å². The molecular weight excluding hydrogens is 1120 g/mol. The topological polar surface area (TPSA) is 316 Å². The summed E-state index contributed by atoms with van der Waals surface area (Å²) < 4.78 is 0. The highest BCUT2D eigenvalue weighted by atomic mass is 16.4. The summed E-state index contributed by atoms with van der Waals surface area (Å²) >= 11 is 0. The summed E-state index contributed by atoms with van der Waals surface area (Å²) in [6.07, 6.45) is 0.834. The molecule has 0 saturated carbocycles. The summed E-state index contributed by atoms with van der Waals surface area (Å²) in [5.74, 6) is -12.0. The first-order valence-corrected chi connectivity index (χ1v) is 30.7. The number of rotatable bonds is 16. The van der Waals surface area contributed by atoms with Gasteiger partial charge < -0.3 is 65.8 Å². The van der Waals surface area contributed by atoms with E-state index in [1.807, 2.05) is 55.4 Å². The molecular formula is C62H109N11O14. The van der Waals surface area contributed by atoms with Gasteiger partial charge in [-0.1, -0.05) is 103 Å². The molecule has 0 unspecified atom stereocenters. The van der Waals surface area contributed by atoms with Crippen LogP contribution in [0.5, 0.6) is 0 Å². The lowest BCUT2D eigenvalue weighted by Crippen LogP contribution is -2.63. The van der Waals surface area contributed by atoms with Gasteiger partial charge in [-0.15, -0.1) is 0 Å². The maximum Gasteiger partial charge on any atom is 0.327 e. The number of aliphatic hydroxyl groups is 1. The van der Waals surface area contributed by atoms with Crippen LogP contribution in [0.4, 0.5) is 0 Å². The van der Waals surface area contributed by atoms with Crippen LogP contribution < -0.4 is 21.3 Å². The highest BCUT2D eigenvalue weighted by Crippen LogP contribution is 2.26. The van der Waals surface area contributed by atoms with Gasteiger partial charge in [0, 0.05) is 55.4 Å². The second-order valence-corrected chi connectivity index (χ2v) is 26.3. The van der Waals surface area contributed by atoms with Crippen LogP contribution in [-0.2, 0) is 57.5 Å². The third kappa shape index (κ3) is 22.5. The summed E-state index contributed by atoms with van der Waals surface area (Å²) in [5.41, 5.74) is 0. The van der Waals surface area contributed by atoms with E-state index in [0.717, 1.165) is 15.9 Å². The number of aliphatic hydroxyl groups excluding tert-OH is 1. The normalized spacial score (nSPS) is 26.5. The van der Waals surface area contributed by atoms with Crippen molar-refractivity contribution in [1.29, 1.82) is 0 Å². The number of carboxylic acid groups (broad SMARTS) is 1. The molecule has 0 aliphatic carbocycles. The molecule has 87 heavy (non-hydrogen) atoms. The average Bonchev–Trinajstić information content (AvgIpc) is 1.19. The smallest absolute Gasteiger partial charge is 0.327 e. The van der Waals surface area contributed by atoms with Gasteiger partial charge in [-0.3, -0.25) is 52.7 Å². The van der Waals surface area contributed by atoms with Crippen molar-refractivity contribution >= 4 is 70.9 Å². The highest BCUT2D eigenvalue weighted by Gasteiger charge is 2.46.